The van der Waals surface area contributed by atoms with E-state index in [4.69, 9.17) is 0 Å². The maximum absolute atomic E-state index is 4.50. The van der Waals surface area contributed by atoms with Gasteiger partial charge in [-0.25, -0.2) is 4.98 Å². The lowest BCUT2D eigenvalue weighted by atomic mass is 9.79. The van der Waals surface area contributed by atoms with Crippen LogP contribution in [-0.2, 0) is 6.54 Å². The van der Waals surface area contributed by atoms with Crippen LogP contribution in [0, 0.1) is 11.8 Å². The van der Waals surface area contributed by atoms with Gasteiger partial charge in [0, 0.05) is 12.6 Å². The van der Waals surface area contributed by atoms with Crippen molar-refractivity contribution in [3.8, 4) is 0 Å². The summed E-state index contributed by atoms with van der Waals surface area (Å²) in [5, 5.41) is 3.54. The standard InChI is InChI=1S/C17H25N3/c1-13-7-9-14(10-8-13)16(18-2)11-20-12-19-15-5-3-4-6-17(15)20/h3-6,12-14,16,18H,7-11H2,1-2H3. The van der Waals surface area contributed by atoms with E-state index in [9.17, 15) is 0 Å². The minimum atomic E-state index is 0.556. The predicted octanol–water partition coefficient (Wildman–Crippen LogP) is 3.45. The number of imidazole rings is 1. The zero-order chi connectivity index (χ0) is 13.9. The quantitative estimate of drug-likeness (QED) is 0.923. The van der Waals surface area contributed by atoms with Gasteiger partial charge in [-0.1, -0.05) is 31.9 Å². The SMILES string of the molecule is CNC(Cn1cnc2ccccc21)C1CCC(C)CC1. The summed E-state index contributed by atoms with van der Waals surface area (Å²) in [4.78, 5) is 4.50. The molecule has 0 saturated heterocycles. The third-order valence-corrected chi connectivity index (χ3v) is 4.92. The molecule has 0 spiro atoms. The van der Waals surface area contributed by atoms with Gasteiger partial charge < -0.3 is 9.88 Å². The van der Waals surface area contributed by atoms with Crippen LogP contribution >= 0.6 is 0 Å². The Balaban J connectivity index is 1.74. The second kappa shape index (κ2) is 5.96. The van der Waals surface area contributed by atoms with Gasteiger partial charge in [0.1, 0.15) is 0 Å². The second-order valence-electron chi connectivity index (χ2n) is 6.30. The molecule has 0 aliphatic heterocycles. The minimum absolute atomic E-state index is 0.556. The summed E-state index contributed by atoms with van der Waals surface area (Å²) in [7, 11) is 2.10. The smallest absolute Gasteiger partial charge is 0.0958 e. The Labute approximate surface area is 121 Å². The monoisotopic (exact) mass is 271 g/mol. The second-order valence-corrected chi connectivity index (χ2v) is 6.30. The molecule has 1 heterocycles. The van der Waals surface area contributed by atoms with Crippen molar-refractivity contribution in [2.45, 2.75) is 45.2 Å². The minimum Gasteiger partial charge on any atom is -0.329 e. The van der Waals surface area contributed by atoms with Gasteiger partial charge in [-0.15, -0.1) is 0 Å². The maximum Gasteiger partial charge on any atom is 0.0958 e. The van der Waals surface area contributed by atoms with Crippen LogP contribution in [0.25, 0.3) is 11.0 Å². The van der Waals surface area contributed by atoms with Crippen LogP contribution in [-0.4, -0.2) is 22.6 Å². The molecule has 1 aliphatic rings. The highest BCUT2D eigenvalue weighted by molar-refractivity contribution is 5.74. The molecule has 1 aromatic carbocycles. The topological polar surface area (TPSA) is 29.9 Å². The van der Waals surface area contributed by atoms with Gasteiger partial charge in [-0.05, 0) is 43.9 Å². The first-order valence-electron chi connectivity index (χ1n) is 7.85. The molecule has 1 aromatic heterocycles. The number of hydrogen-bond donors (Lipinski definition) is 1. The molecule has 0 bridgehead atoms. The molecule has 1 saturated carbocycles. The van der Waals surface area contributed by atoms with Crippen molar-refractivity contribution in [3.05, 3.63) is 30.6 Å². The van der Waals surface area contributed by atoms with Crippen LogP contribution in [0.2, 0.25) is 0 Å². The Kier molecular flexibility index (Phi) is 4.06. The van der Waals surface area contributed by atoms with Gasteiger partial charge in [0.2, 0.25) is 0 Å². The Bertz CT molecular complexity index is 552. The van der Waals surface area contributed by atoms with E-state index in [-0.39, 0.29) is 0 Å². The van der Waals surface area contributed by atoms with E-state index in [0.29, 0.717) is 6.04 Å². The third-order valence-electron chi connectivity index (χ3n) is 4.92. The van der Waals surface area contributed by atoms with E-state index >= 15 is 0 Å². The average molecular weight is 271 g/mol. The predicted molar refractivity (Wildman–Crippen MR) is 83.7 cm³/mol. The van der Waals surface area contributed by atoms with Crippen LogP contribution in [0.4, 0.5) is 0 Å². The highest BCUT2D eigenvalue weighted by Crippen LogP contribution is 2.31. The first kappa shape index (κ1) is 13.6. The Hall–Kier alpha value is -1.35. The number of likely N-dealkylation sites (N-methyl/N-ethyl adjacent to an activating group) is 1. The zero-order valence-corrected chi connectivity index (χ0v) is 12.5. The van der Waals surface area contributed by atoms with E-state index in [1.165, 1.54) is 31.2 Å². The Morgan fingerprint density at radius 2 is 2.00 bits per heavy atom. The summed E-state index contributed by atoms with van der Waals surface area (Å²) in [6.45, 7) is 3.41. The van der Waals surface area contributed by atoms with Crippen LogP contribution in [0.15, 0.2) is 30.6 Å². The summed E-state index contributed by atoms with van der Waals surface area (Å²) in [5.41, 5.74) is 2.34. The number of benzene rings is 1. The van der Waals surface area contributed by atoms with Crippen molar-refractivity contribution in [2.75, 3.05) is 7.05 Å². The molecule has 1 unspecified atom stereocenters. The number of aromatic nitrogens is 2. The first-order valence-corrected chi connectivity index (χ1v) is 7.85. The lowest BCUT2D eigenvalue weighted by Crippen LogP contribution is -2.39. The fourth-order valence-electron chi connectivity index (χ4n) is 3.53. The lowest BCUT2D eigenvalue weighted by Gasteiger charge is -2.32. The van der Waals surface area contributed by atoms with Crippen LogP contribution in [0.3, 0.4) is 0 Å². The molecule has 3 rings (SSSR count). The summed E-state index contributed by atoms with van der Waals surface area (Å²) in [5.74, 6) is 1.72. The largest absolute Gasteiger partial charge is 0.329 e. The van der Waals surface area contributed by atoms with Crippen LogP contribution in [0.5, 0.6) is 0 Å². The number of para-hydroxylation sites is 2. The molecule has 3 nitrogen and oxygen atoms in total. The number of rotatable bonds is 4. The molecule has 1 fully saturated rings. The molecule has 1 atom stereocenters. The summed E-state index contributed by atoms with van der Waals surface area (Å²) >= 11 is 0. The van der Waals surface area contributed by atoms with Crippen LogP contribution < -0.4 is 5.32 Å². The Morgan fingerprint density at radius 3 is 2.75 bits per heavy atom. The maximum atomic E-state index is 4.50. The van der Waals surface area contributed by atoms with Crippen molar-refractivity contribution in [3.63, 3.8) is 0 Å². The Morgan fingerprint density at radius 1 is 1.25 bits per heavy atom. The summed E-state index contributed by atoms with van der Waals surface area (Å²) < 4.78 is 2.30. The molecular formula is C17H25N3. The van der Waals surface area contributed by atoms with E-state index in [2.05, 4.69) is 53.1 Å². The first-order chi connectivity index (χ1) is 9.78. The highest BCUT2D eigenvalue weighted by atomic mass is 15.1. The van der Waals surface area contributed by atoms with E-state index in [0.717, 1.165) is 23.9 Å². The molecule has 2 aromatic rings. The van der Waals surface area contributed by atoms with Crippen molar-refractivity contribution in [1.29, 1.82) is 0 Å². The van der Waals surface area contributed by atoms with E-state index in [1.54, 1.807) is 0 Å². The van der Waals surface area contributed by atoms with Gasteiger partial charge in [0.25, 0.3) is 0 Å². The number of hydrogen-bond acceptors (Lipinski definition) is 2. The fourth-order valence-corrected chi connectivity index (χ4v) is 3.53. The molecular weight excluding hydrogens is 246 g/mol. The summed E-state index contributed by atoms with van der Waals surface area (Å²) in [6.07, 6.45) is 7.47. The van der Waals surface area contributed by atoms with E-state index in [1.807, 2.05) is 6.33 Å². The molecule has 1 aliphatic carbocycles. The molecule has 0 radical (unpaired) electrons. The van der Waals surface area contributed by atoms with Crippen molar-refractivity contribution in [2.24, 2.45) is 11.8 Å². The molecule has 3 heteroatoms. The number of nitrogens with one attached hydrogen (secondary N) is 1. The van der Waals surface area contributed by atoms with Gasteiger partial charge in [0.15, 0.2) is 0 Å². The third kappa shape index (κ3) is 2.73. The zero-order valence-electron chi connectivity index (χ0n) is 12.5. The van der Waals surface area contributed by atoms with Gasteiger partial charge in [0.05, 0.1) is 17.4 Å². The normalized spacial score (nSPS) is 24.9. The van der Waals surface area contributed by atoms with Crippen LogP contribution in [0.1, 0.15) is 32.6 Å². The molecule has 1 N–H and O–H groups in total. The van der Waals surface area contributed by atoms with Crippen molar-refractivity contribution in [1.82, 2.24) is 14.9 Å². The van der Waals surface area contributed by atoms with Crippen molar-refractivity contribution < 1.29 is 0 Å². The molecule has 108 valence electrons. The summed E-state index contributed by atoms with van der Waals surface area (Å²) in [6, 6.07) is 8.95. The molecule has 20 heavy (non-hydrogen) atoms. The van der Waals surface area contributed by atoms with Gasteiger partial charge in [-0.2, -0.15) is 0 Å². The number of fused-ring (bicyclic) bond motifs is 1. The van der Waals surface area contributed by atoms with Gasteiger partial charge in [-0.3, -0.25) is 0 Å². The number of nitrogens with zero attached hydrogens (tertiary/aromatic N) is 2. The van der Waals surface area contributed by atoms with E-state index < -0.39 is 0 Å². The average Bonchev–Trinajstić information content (AvgIpc) is 2.89. The highest BCUT2D eigenvalue weighted by Gasteiger charge is 2.25. The van der Waals surface area contributed by atoms with Gasteiger partial charge >= 0.3 is 0 Å². The lowest BCUT2D eigenvalue weighted by molar-refractivity contribution is 0.223. The van der Waals surface area contributed by atoms with Crippen molar-refractivity contribution >= 4 is 11.0 Å². The molecule has 0 amide bonds. The fraction of sp³-hybridized carbons (Fsp3) is 0.588.